The topological polar surface area (TPSA) is 105 Å². The zero-order valence-electron chi connectivity index (χ0n) is 51.4. The number of aliphatic hydroxyl groups excluding tert-OH is 1. The van der Waals surface area contributed by atoms with Crippen LogP contribution in [0.5, 0.6) is 0 Å². The standard InChI is InChI=1S/C68H127N2O6P/c1-6-8-10-12-14-16-18-20-22-24-26-28-29-30-31-32-33-34-35-36-37-38-39-40-41-42-44-46-48-50-52-54-56-58-60-62-68(72)69-66(65-76-77(73,74)75-64-63-70(3,4)5)67(71)61-59-57-55-53-51-49-47-45-43-27-25-23-21-19-17-15-13-11-9-7-2/h8,10,14,16,20,22,26,28,51,53,59,61,66-67,71H,6-7,9,11-13,15,17-19,21,23-25,27,29-50,52,54-58,60,62-65H2,1-5H3,(H-,69,72,73,74)/p+1/b10-8-,16-14-,22-20-,28-26-,53-51+,61-59+. The number of hydrogen-bond acceptors (Lipinski definition) is 5. The Hall–Kier alpha value is -2.06. The van der Waals surface area contributed by atoms with Crippen LogP contribution in [0.1, 0.15) is 303 Å². The van der Waals surface area contributed by atoms with E-state index in [-0.39, 0.29) is 19.1 Å². The highest BCUT2D eigenvalue weighted by Gasteiger charge is 2.27. The first-order chi connectivity index (χ1) is 37.5. The summed E-state index contributed by atoms with van der Waals surface area (Å²) in [5, 5.41) is 14.0. The summed E-state index contributed by atoms with van der Waals surface area (Å²) in [7, 11) is 1.56. The van der Waals surface area contributed by atoms with Crippen LogP contribution in [0.15, 0.2) is 72.9 Å². The lowest BCUT2D eigenvalue weighted by molar-refractivity contribution is -0.870. The van der Waals surface area contributed by atoms with Gasteiger partial charge in [-0.05, 0) is 70.6 Å². The summed E-state index contributed by atoms with van der Waals surface area (Å²) in [6.45, 7) is 4.71. The third-order valence-corrected chi connectivity index (χ3v) is 15.6. The molecule has 0 rings (SSSR count). The van der Waals surface area contributed by atoms with Crippen molar-refractivity contribution in [2.75, 3.05) is 40.9 Å². The number of unbranched alkanes of at least 4 members (excludes halogenated alkanes) is 37. The van der Waals surface area contributed by atoms with Gasteiger partial charge >= 0.3 is 7.82 Å². The monoisotopic (exact) mass is 1100 g/mol. The molecule has 0 bridgehead atoms. The van der Waals surface area contributed by atoms with Gasteiger partial charge in [-0.2, -0.15) is 0 Å². The Balaban J connectivity index is 4.05. The van der Waals surface area contributed by atoms with Crippen molar-refractivity contribution in [3.05, 3.63) is 72.9 Å². The molecule has 0 spiro atoms. The van der Waals surface area contributed by atoms with Crippen LogP contribution in [0, 0.1) is 0 Å². The number of nitrogens with one attached hydrogen (secondary N) is 1. The van der Waals surface area contributed by atoms with Gasteiger partial charge in [0, 0.05) is 6.42 Å². The second-order valence-corrected chi connectivity index (χ2v) is 24.9. The van der Waals surface area contributed by atoms with Crippen molar-refractivity contribution in [1.82, 2.24) is 5.32 Å². The van der Waals surface area contributed by atoms with Gasteiger partial charge in [-0.25, -0.2) is 4.57 Å². The summed E-state index contributed by atoms with van der Waals surface area (Å²) in [6.07, 6.45) is 81.8. The van der Waals surface area contributed by atoms with Gasteiger partial charge in [-0.1, -0.05) is 299 Å². The number of aliphatic hydroxyl groups is 1. The molecule has 3 N–H and O–H groups in total. The van der Waals surface area contributed by atoms with E-state index in [1.807, 2.05) is 27.2 Å². The lowest BCUT2D eigenvalue weighted by Crippen LogP contribution is -2.45. The number of likely N-dealkylation sites (N-methyl/N-ethyl adjacent to an activating group) is 1. The van der Waals surface area contributed by atoms with Crippen LogP contribution >= 0.6 is 7.82 Å². The van der Waals surface area contributed by atoms with Gasteiger partial charge in [0.1, 0.15) is 13.2 Å². The Morgan fingerprint density at radius 2 is 0.792 bits per heavy atom. The highest BCUT2D eigenvalue weighted by atomic mass is 31.2. The molecule has 0 saturated heterocycles. The Kier molecular flexibility index (Phi) is 57.0. The number of rotatable bonds is 60. The Morgan fingerprint density at radius 3 is 1.19 bits per heavy atom. The molecule has 0 aliphatic carbocycles. The zero-order chi connectivity index (χ0) is 56.3. The minimum absolute atomic E-state index is 0.0561. The van der Waals surface area contributed by atoms with E-state index in [9.17, 15) is 19.4 Å². The summed E-state index contributed by atoms with van der Waals surface area (Å²) in [6, 6.07) is -0.865. The van der Waals surface area contributed by atoms with E-state index in [0.717, 1.165) is 64.2 Å². The predicted molar refractivity (Wildman–Crippen MR) is 337 cm³/mol. The van der Waals surface area contributed by atoms with Gasteiger partial charge in [0.25, 0.3) is 0 Å². The number of allylic oxidation sites excluding steroid dienone is 11. The largest absolute Gasteiger partial charge is 0.472 e. The molecule has 0 radical (unpaired) electrons. The van der Waals surface area contributed by atoms with Crippen molar-refractivity contribution < 1.29 is 32.9 Å². The van der Waals surface area contributed by atoms with Gasteiger partial charge in [0.15, 0.2) is 0 Å². The molecule has 450 valence electrons. The normalized spacial score (nSPS) is 14.2. The molecule has 0 aromatic rings. The molecule has 0 saturated carbocycles. The van der Waals surface area contributed by atoms with Gasteiger partial charge in [-0.3, -0.25) is 13.8 Å². The molecule has 0 fully saturated rings. The number of phosphoric ester groups is 1. The fraction of sp³-hybridized carbons (Fsp3) is 0.809. The van der Waals surface area contributed by atoms with Crippen LogP contribution in [-0.4, -0.2) is 73.4 Å². The van der Waals surface area contributed by atoms with E-state index in [4.69, 9.17) is 9.05 Å². The lowest BCUT2D eigenvalue weighted by atomic mass is 10.0. The lowest BCUT2D eigenvalue weighted by Gasteiger charge is -2.25. The second-order valence-electron chi connectivity index (χ2n) is 23.5. The maximum absolute atomic E-state index is 13.0. The van der Waals surface area contributed by atoms with Gasteiger partial charge in [-0.15, -0.1) is 0 Å². The van der Waals surface area contributed by atoms with Crippen molar-refractivity contribution in [3.63, 3.8) is 0 Å². The van der Waals surface area contributed by atoms with Crippen LogP contribution in [0.3, 0.4) is 0 Å². The minimum Gasteiger partial charge on any atom is -0.387 e. The molecule has 0 aliphatic rings. The molecule has 1 amide bonds. The maximum Gasteiger partial charge on any atom is 0.472 e. The Labute approximate surface area is 478 Å². The van der Waals surface area contributed by atoms with Crippen molar-refractivity contribution in [1.29, 1.82) is 0 Å². The molecule has 8 nitrogen and oxygen atoms in total. The maximum atomic E-state index is 13.0. The number of hydrogen-bond donors (Lipinski definition) is 3. The van der Waals surface area contributed by atoms with Gasteiger partial charge in [0.2, 0.25) is 5.91 Å². The van der Waals surface area contributed by atoms with Crippen LogP contribution < -0.4 is 5.32 Å². The first-order valence-corrected chi connectivity index (χ1v) is 34.3. The number of carbonyl (C=O) groups excluding carboxylic acids is 1. The Bertz CT molecular complexity index is 1480. The van der Waals surface area contributed by atoms with E-state index < -0.39 is 20.0 Å². The fourth-order valence-electron chi connectivity index (χ4n) is 9.58. The molecule has 0 heterocycles. The number of carbonyl (C=O) groups is 1. The van der Waals surface area contributed by atoms with Crippen molar-refractivity contribution in [2.24, 2.45) is 0 Å². The summed E-state index contributed by atoms with van der Waals surface area (Å²) in [4.78, 5) is 23.4. The van der Waals surface area contributed by atoms with E-state index in [1.165, 1.54) is 218 Å². The van der Waals surface area contributed by atoms with Crippen molar-refractivity contribution >= 4 is 13.7 Å². The minimum atomic E-state index is -4.36. The zero-order valence-corrected chi connectivity index (χ0v) is 52.3. The van der Waals surface area contributed by atoms with Crippen molar-refractivity contribution in [2.45, 2.75) is 315 Å². The van der Waals surface area contributed by atoms with E-state index in [0.29, 0.717) is 17.4 Å². The second kappa shape index (κ2) is 58.6. The number of amides is 1. The molecule has 0 aromatic heterocycles. The molecular formula is C68H128N2O6P+. The smallest absolute Gasteiger partial charge is 0.387 e. The average molecular weight is 1100 g/mol. The average Bonchev–Trinajstić information content (AvgIpc) is 3.39. The quantitative estimate of drug-likeness (QED) is 0.0243. The highest BCUT2D eigenvalue weighted by molar-refractivity contribution is 7.47. The summed E-state index contributed by atoms with van der Waals surface area (Å²) in [5.41, 5.74) is 0. The molecule has 3 atom stereocenters. The first-order valence-electron chi connectivity index (χ1n) is 32.8. The summed E-state index contributed by atoms with van der Waals surface area (Å²) >= 11 is 0. The van der Waals surface area contributed by atoms with E-state index in [1.54, 1.807) is 6.08 Å². The third kappa shape index (κ3) is 61.4. The van der Waals surface area contributed by atoms with Crippen LogP contribution in [0.2, 0.25) is 0 Å². The molecule has 9 heteroatoms. The number of quaternary nitrogens is 1. The van der Waals surface area contributed by atoms with Gasteiger partial charge in [0.05, 0.1) is 39.9 Å². The van der Waals surface area contributed by atoms with E-state index in [2.05, 4.69) is 79.9 Å². The number of nitrogens with zero attached hydrogens (tertiary/aromatic N) is 1. The van der Waals surface area contributed by atoms with Crippen LogP contribution in [-0.2, 0) is 18.4 Å². The predicted octanol–water partition coefficient (Wildman–Crippen LogP) is 20.6. The van der Waals surface area contributed by atoms with Crippen LogP contribution in [0.4, 0.5) is 0 Å². The van der Waals surface area contributed by atoms with Crippen molar-refractivity contribution in [3.8, 4) is 0 Å². The first kappa shape index (κ1) is 74.9. The number of phosphoric acid groups is 1. The highest BCUT2D eigenvalue weighted by Crippen LogP contribution is 2.43. The molecule has 0 aliphatic heterocycles. The molecule has 77 heavy (non-hydrogen) atoms. The SMILES string of the molecule is CC/C=C\C/C=C\C/C=C\C/C=C\CCCCCCCCCCCCCCCCCCCCCCCCC(=O)NC(COP(=O)(O)OCC[N+](C)(C)C)C(O)/C=C/CC/C=C/CCCCCCCCCCCCCCCC. The third-order valence-electron chi connectivity index (χ3n) is 14.7. The Morgan fingerprint density at radius 1 is 0.455 bits per heavy atom. The molecular weight excluding hydrogens is 972 g/mol. The van der Waals surface area contributed by atoms with Gasteiger partial charge < -0.3 is 19.8 Å². The fourth-order valence-corrected chi connectivity index (χ4v) is 10.3. The van der Waals surface area contributed by atoms with E-state index >= 15 is 0 Å². The molecule has 3 unspecified atom stereocenters. The molecule has 0 aromatic carbocycles. The van der Waals surface area contributed by atoms with Crippen LogP contribution in [0.25, 0.3) is 0 Å². The summed E-state index contributed by atoms with van der Waals surface area (Å²) in [5.74, 6) is -0.183. The summed E-state index contributed by atoms with van der Waals surface area (Å²) < 4.78 is 23.8.